The molecule has 0 aromatic carbocycles. The molecule has 0 atom stereocenters. The van der Waals surface area contributed by atoms with Crippen LogP contribution in [-0.2, 0) is 6.54 Å². The maximum Gasteiger partial charge on any atom is 0.250 e. The van der Waals surface area contributed by atoms with Crippen LogP contribution < -0.4 is 5.56 Å². The van der Waals surface area contributed by atoms with Crippen LogP contribution in [0.5, 0.6) is 0 Å². The fraction of sp³-hybridized carbons (Fsp3) is 0.273. The van der Waals surface area contributed by atoms with Crippen molar-refractivity contribution in [3.05, 3.63) is 40.7 Å². The molecule has 4 heteroatoms. The van der Waals surface area contributed by atoms with Crippen LogP contribution in [0.1, 0.15) is 12.5 Å². The van der Waals surface area contributed by atoms with Crippen LogP contribution >= 0.6 is 0 Å². The van der Waals surface area contributed by atoms with Gasteiger partial charge in [0.15, 0.2) is 0 Å². The molecule has 2 aromatic heterocycles. The van der Waals surface area contributed by atoms with Gasteiger partial charge in [-0.1, -0.05) is 0 Å². The van der Waals surface area contributed by atoms with E-state index in [0.29, 0.717) is 5.56 Å². The van der Waals surface area contributed by atoms with Crippen molar-refractivity contribution in [3.63, 3.8) is 0 Å². The summed E-state index contributed by atoms with van der Waals surface area (Å²) >= 11 is 0. The van der Waals surface area contributed by atoms with Gasteiger partial charge in [0, 0.05) is 30.1 Å². The number of imidazole rings is 1. The number of H-pyrrole nitrogens is 1. The monoisotopic (exact) mass is 203 g/mol. The molecule has 0 fully saturated rings. The first-order valence-electron chi connectivity index (χ1n) is 4.92. The molecule has 0 aliphatic carbocycles. The summed E-state index contributed by atoms with van der Waals surface area (Å²) in [6.07, 6.45) is 5.44. The van der Waals surface area contributed by atoms with E-state index in [1.54, 1.807) is 19.4 Å². The lowest BCUT2D eigenvalue weighted by atomic mass is 10.2. The van der Waals surface area contributed by atoms with Crippen molar-refractivity contribution >= 4 is 0 Å². The molecule has 0 saturated heterocycles. The van der Waals surface area contributed by atoms with Crippen LogP contribution in [0.4, 0.5) is 0 Å². The Bertz CT molecular complexity index is 525. The smallest absolute Gasteiger partial charge is 0.250 e. The molecule has 0 unspecified atom stereocenters. The summed E-state index contributed by atoms with van der Waals surface area (Å²) < 4.78 is 2.00. The molecular formula is C11H13N3O. The van der Waals surface area contributed by atoms with E-state index in [1.807, 2.05) is 16.8 Å². The minimum atomic E-state index is -0.0475. The zero-order valence-electron chi connectivity index (χ0n) is 8.82. The maximum atomic E-state index is 11.2. The second-order valence-corrected chi connectivity index (χ2v) is 3.49. The number of aromatic nitrogens is 3. The van der Waals surface area contributed by atoms with Crippen LogP contribution in [0.25, 0.3) is 11.3 Å². The van der Waals surface area contributed by atoms with Gasteiger partial charge in [0.05, 0.1) is 12.0 Å². The van der Waals surface area contributed by atoms with Gasteiger partial charge in [-0.3, -0.25) is 4.79 Å². The molecule has 4 nitrogen and oxygen atoms in total. The number of aryl methyl sites for hydroxylation is 2. The summed E-state index contributed by atoms with van der Waals surface area (Å²) in [6, 6.07) is 1.85. The highest BCUT2D eigenvalue weighted by Gasteiger charge is 2.03. The highest BCUT2D eigenvalue weighted by molar-refractivity contribution is 5.57. The van der Waals surface area contributed by atoms with E-state index in [4.69, 9.17) is 0 Å². The molecule has 2 rings (SSSR count). The fourth-order valence-corrected chi connectivity index (χ4v) is 1.43. The minimum absolute atomic E-state index is 0.0475. The number of hydrogen-bond acceptors (Lipinski definition) is 2. The Hall–Kier alpha value is -1.84. The topological polar surface area (TPSA) is 50.7 Å². The molecule has 0 aliphatic heterocycles. The Morgan fingerprint density at radius 1 is 1.53 bits per heavy atom. The molecule has 0 bridgehead atoms. The normalized spacial score (nSPS) is 10.5. The Morgan fingerprint density at radius 2 is 2.33 bits per heavy atom. The number of rotatable bonds is 2. The van der Waals surface area contributed by atoms with E-state index in [2.05, 4.69) is 16.9 Å². The molecule has 78 valence electrons. The Balaban J connectivity index is 2.45. The number of hydrogen-bond donors (Lipinski definition) is 1. The quantitative estimate of drug-likeness (QED) is 0.805. The van der Waals surface area contributed by atoms with E-state index in [0.717, 1.165) is 17.8 Å². The second-order valence-electron chi connectivity index (χ2n) is 3.49. The summed E-state index contributed by atoms with van der Waals surface area (Å²) in [4.78, 5) is 18.1. The van der Waals surface area contributed by atoms with Crippen molar-refractivity contribution in [3.8, 4) is 11.3 Å². The van der Waals surface area contributed by atoms with Crippen molar-refractivity contribution in [2.24, 2.45) is 0 Å². The van der Waals surface area contributed by atoms with Gasteiger partial charge in [0.2, 0.25) is 0 Å². The van der Waals surface area contributed by atoms with Crippen molar-refractivity contribution < 1.29 is 0 Å². The number of nitrogens with zero attached hydrogens (tertiary/aromatic N) is 2. The van der Waals surface area contributed by atoms with Gasteiger partial charge >= 0.3 is 0 Å². The first-order valence-corrected chi connectivity index (χ1v) is 4.92. The lowest BCUT2D eigenvalue weighted by Crippen LogP contribution is -2.07. The number of nitrogens with one attached hydrogen (secondary N) is 1. The van der Waals surface area contributed by atoms with E-state index < -0.39 is 0 Å². The average Bonchev–Trinajstić information content (AvgIpc) is 2.70. The summed E-state index contributed by atoms with van der Waals surface area (Å²) in [5, 5.41) is 0. The molecule has 2 heterocycles. The van der Waals surface area contributed by atoms with Crippen LogP contribution in [-0.4, -0.2) is 14.5 Å². The Morgan fingerprint density at radius 3 is 2.93 bits per heavy atom. The third-order valence-electron chi connectivity index (χ3n) is 2.38. The summed E-state index contributed by atoms with van der Waals surface area (Å²) in [6.45, 7) is 4.75. The Labute approximate surface area is 87.6 Å². The average molecular weight is 203 g/mol. The van der Waals surface area contributed by atoms with E-state index in [1.165, 1.54) is 0 Å². The molecule has 0 radical (unpaired) electrons. The highest BCUT2D eigenvalue weighted by Crippen LogP contribution is 2.15. The van der Waals surface area contributed by atoms with Crippen molar-refractivity contribution in [1.29, 1.82) is 0 Å². The van der Waals surface area contributed by atoms with Crippen LogP contribution in [0.3, 0.4) is 0 Å². The predicted molar refractivity (Wildman–Crippen MR) is 58.7 cm³/mol. The van der Waals surface area contributed by atoms with Gasteiger partial charge in [0.1, 0.15) is 0 Å². The first-order chi connectivity index (χ1) is 7.20. The van der Waals surface area contributed by atoms with Gasteiger partial charge in [-0.15, -0.1) is 0 Å². The third-order valence-corrected chi connectivity index (χ3v) is 2.38. The first kappa shape index (κ1) is 9.71. The van der Waals surface area contributed by atoms with Crippen molar-refractivity contribution in [1.82, 2.24) is 14.5 Å². The predicted octanol–water partition coefficient (Wildman–Crippen LogP) is 1.57. The fourth-order valence-electron chi connectivity index (χ4n) is 1.43. The summed E-state index contributed by atoms with van der Waals surface area (Å²) in [5.41, 5.74) is 2.49. The van der Waals surface area contributed by atoms with E-state index in [-0.39, 0.29) is 5.56 Å². The molecule has 0 amide bonds. The van der Waals surface area contributed by atoms with Crippen molar-refractivity contribution in [2.45, 2.75) is 20.4 Å². The molecule has 2 aromatic rings. The minimum Gasteiger partial charge on any atom is -0.337 e. The number of aromatic amines is 1. The SMILES string of the molecule is CCn1cnc(-c2c[nH]c(=O)c(C)c2)c1. The van der Waals surface area contributed by atoms with Gasteiger partial charge in [-0.25, -0.2) is 4.98 Å². The molecule has 0 aliphatic rings. The summed E-state index contributed by atoms with van der Waals surface area (Å²) in [5.74, 6) is 0. The zero-order valence-corrected chi connectivity index (χ0v) is 8.82. The lowest BCUT2D eigenvalue weighted by Gasteiger charge is -1.97. The largest absolute Gasteiger partial charge is 0.337 e. The second kappa shape index (κ2) is 3.73. The standard InChI is InChI=1S/C11H13N3O/c1-3-14-6-10(13-7-14)9-4-8(2)11(15)12-5-9/h4-7H,3H2,1-2H3,(H,12,15). The molecule has 15 heavy (non-hydrogen) atoms. The van der Waals surface area contributed by atoms with Crippen molar-refractivity contribution in [2.75, 3.05) is 0 Å². The van der Waals surface area contributed by atoms with Crippen LogP contribution in [0.2, 0.25) is 0 Å². The molecule has 0 spiro atoms. The molecular weight excluding hydrogens is 190 g/mol. The van der Waals surface area contributed by atoms with Gasteiger partial charge in [-0.2, -0.15) is 0 Å². The maximum absolute atomic E-state index is 11.2. The number of pyridine rings is 1. The van der Waals surface area contributed by atoms with E-state index >= 15 is 0 Å². The van der Waals surface area contributed by atoms with Gasteiger partial charge in [-0.05, 0) is 19.9 Å². The lowest BCUT2D eigenvalue weighted by molar-refractivity contribution is 0.762. The highest BCUT2D eigenvalue weighted by atomic mass is 16.1. The van der Waals surface area contributed by atoms with Crippen LogP contribution in [0.15, 0.2) is 29.6 Å². The van der Waals surface area contributed by atoms with Gasteiger partial charge in [0.25, 0.3) is 5.56 Å². The third kappa shape index (κ3) is 1.83. The summed E-state index contributed by atoms with van der Waals surface area (Å²) in [7, 11) is 0. The molecule has 0 saturated carbocycles. The van der Waals surface area contributed by atoms with Crippen LogP contribution in [0, 0.1) is 6.92 Å². The molecule has 1 N–H and O–H groups in total. The Kier molecular flexibility index (Phi) is 2.41. The van der Waals surface area contributed by atoms with Gasteiger partial charge < -0.3 is 9.55 Å². The van der Waals surface area contributed by atoms with E-state index in [9.17, 15) is 4.79 Å². The zero-order chi connectivity index (χ0) is 10.8.